The Morgan fingerprint density at radius 1 is 1.03 bits per heavy atom. The van der Waals surface area contributed by atoms with Gasteiger partial charge in [0.15, 0.2) is 5.96 Å². The normalized spacial score (nSPS) is 11.8. The SMILES string of the molecule is CCNC(=NCc1ccc(F)cc1C(F)(F)F)NCC(=O)NCc1ccccc1. The van der Waals surface area contributed by atoms with E-state index in [9.17, 15) is 22.4 Å². The Hall–Kier alpha value is -3.10. The molecule has 1 amide bonds. The van der Waals surface area contributed by atoms with Gasteiger partial charge in [0.2, 0.25) is 5.91 Å². The Labute approximate surface area is 166 Å². The molecule has 2 rings (SSSR count). The van der Waals surface area contributed by atoms with Gasteiger partial charge >= 0.3 is 6.18 Å². The summed E-state index contributed by atoms with van der Waals surface area (Å²) in [7, 11) is 0. The lowest BCUT2D eigenvalue weighted by Crippen LogP contribution is -2.43. The van der Waals surface area contributed by atoms with Crippen LogP contribution >= 0.6 is 0 Å². The molecule has 0 unspecified atom stereocenters. The first-order chi connectivity index (χ1) is 13.8. The minimum atomic E-state index is -4.68. The third-order valence-corrected chi connectivity index (χ3v) is 3.88. The largest absolute Gasteiger partial charge is 0.416 e. The minimum Gasteiger partial charge on any atom is -0.357 e. The van der Waals surface area contributed by atoms with Crippen molar-refractivity contribution in [1.29, 1.82) is 0 Å². The van der Waals surface area contributed by atoms with Crippen molar-refractivity contribution in [1.82, 2.24) is 16.0 Å². The summed E-state index contributed by atoms with van der Waals surface area (Å²) in [6.45, 7) is 2.17. The maximum atomic E-state index is 13.2. The number of rotatable bonds is 7. The zero-order valence-electron chi connectivity index (χ0n) is 15.8. The summed E-state index contributed by atoms with van der Waals surface area (Å²) in [5.74, 6) is -1.08. The van der Waals surface area contributed by atoms with Gasteiger partial charge in [-0.15, -0.1) is 0 Å². The minimum absolute atomic E-state index is 0.103. The molecule has 0 aliphatic carbocycles. The summed E-state index contributed by atoms with van der Waals surface area (Å²) < 4.78 is 52.4. The van der Waals surface area contributed by atoms with Crippen LogP contribution in [0.15, 0.2) is 53.5 Å². The lowest BCUT2D eigenvalue weighted by atomic mass is 10.1. The van der Waals surface area contributed by atoms with Crippen LogP contribution in [0.4, 0.5) is 17.6 Å². The number of carbonyl (C=O) groups is 1. The van der Waals surface area contributed by atoms with E-state index in [1.54, 1.807) is 6.92 Å². The van der Waals surface area contributed by atoms with E-state index < -0.39 is 17.6 Å². The van der Waals surface area contributed by atoms with Crippen LogP contribution in [0.2, 0.25) is 0 Å². The van der Waals surface area contributed by atoms with Crippen molar-refractivity contribution >= 4 is 11.9 Å². The molecule has 2 aromatic rings. The molecular weight excluding hydrogens is 388 g/mol. The fourth-order valence-electron chi connectivity index (χ4n) is 2.48. The molecule has 0 fully saturated rings. The predicted molar refractivity (Wildman–Crippen MR) is 103 cm³/mol. The molecule has 0 spiro atoms. The second-order valence-electron chi connectivity index (χ2n) is 6.11. The van der Waals surface area contributed by atoms with Gasteiger partial charge in [-0.25, -0.2) is 9.38 Å². The van der Waals surface area contributed by atoms with Crippen LogP contribution < -0.4 is 16.0 Å². The molecule has 2 aromatic carbocycles. The molecule has 0 bridgehead atoms. The molecule has 3 N–H and O–H groups in total. The molecular formula is C20H22F4N4O. The Morgan fingerprint density at radius 3 is 2.41 bits per heavy atom. The van der Waals surface area contributed by atoms with Gasteiger partial charge in [0.1, 0.15) is 5.82 Å². The van der Waals surface area contributed by atoms with Gasteiger partial charge in [0, 0.05) is 13.1 Å². The van der Waals surface area contributed by atoms with Crippen LogP contribution in [-0.4, -0.2) is 25.0 Å². The molecule has 0 saturated carbocycles. The standard InChI is InChI=1S/C20H22F4N4O/c1-2-25-19(28-13-18(29)26-11-14-6-4-3-5-7-14)27-12-15-8-9-16(21)10-17(15)20(22,23)24/h3-10H,2,11-13H2,1H3,(H,26,29)(H2,25,27,28). The highest BCUT2D eigenvalue weighted by Gasteiger charge is 2.33. The van der Waals surface area contributed by atoms with Crippen LogP contribution in [0, 0.1) is 5.82 Å². The fourth-order valence-corrected chi connectivity index (χ4v) is 2.48. The summed E-state index contributed by atoms with van der Waals surface area (Å²) in [6.07, 6.45) is -4.68. The monoisotopic (exact) mass is 410 g/mol. The first-order valence-electron chi connectivity index (χ1n) is 8.98. The van der Waals surface area contributed by atoms with Crippen LogP contribution in [0.25, 0.3) is 0 Å². The van der Waals surface area contributed by atoms with E-state index in [0.717, 1.165) is 17.7 Å². The van der Waals surface area contributed by atoms with Gasteiger partial charge in [-0.1, -0.05) is 36.4 Å². The number of hydrogen-bond donors (Lipinski definition) is 3. The van der Waals surface area contributed by atoms with Gasteiger partial charge in [0.05, 0.1) is 18.7 Å². The van der Waals surface area contributed by atoms with Crippen molar-refractivity contribution in [3.8, 4) is 0 Å². The highest BCUT2D eigenvalue weighted by Crippen LogP contribution is 2.32. The smallest absolute Gasteiger partial charge is 0.357 e. The molecule has 0 atom stereocenters. The average Bonchev–Trinajstić information content (AvgIpc) is 2.69. The number of alkyl halides is 3. The summed E-state index contributed by atoms with van der Waals surface area (Å²) >= 11 is 0. The fraction of sp³-hybridized carbons (Fsp3) is 0.300. The van der Waals surface area contributed by atoms with Gasteiger partial charge in [-0.3, -0.25) is 4.79 Å². The Morgan fingerprint density at radius 2 is 1.76 bits per heavy atom. The highest BCUT2D eigenvalue weighted by molar-refractivity contribution is 5.86. The number of guanidine groups is 1. The van der Waals surface area contributed by atoms with Gasteiger partial charge in [-0.05, 0) is 30.2 Å². The molecule has 5 nitrogen and oxygen atoms in total. The van der Waals surface area contributed by atoms with Crippen LogP contribution in [0.3, 0.4) is 0 Å². The summed E-state index contributed by atoms with van der Waals surface area (Å²) in [5.41, 5.74) is -0.292. The zero-order valence-corrected chi connectivity index (χ0v) is 15.8. The Bertz CT molecular complexity index is 838. The second kappa shape index (κ2) is 10.4. The maximum absolute atomic E-state index is 13.2. The third kappa shape index (κ3) is 7.44. The van der Waals surface area contributed by atoms with E-state index in [1.807, 2.05) is 30.3 Å². The van der Waals surface area contributed by atoms with E-state index in [1.165, 1.54) is 0 Å². The lowest BCUT2D eigenvalue weighted by Gasteiger charge is -2.14. The first kappa shape index (κ1) is 22.2. The molecule has 0 aromatic heterocycles. The van der Waals surface area contributed by atoms with Gasteiger partial charge in [-0.2, -0.15) is 13.2 Å². The number of benzene rings is 2. The van der Waals surface area contributed by atoms with Gasteiger partial charge in [0.25, 0.3) is 0 Å². The molecule has 0 aliphatic rings. The number of nitrogens with one attached hydrogen (secondary N) is 3. The zero-order chi connectivity index (χ0) is 21.3. The number of amides is 1. The number of nitrogens with zero attached hydrogens (tertiary/aromatic N) is 1. The number of hydrogen-bond acceptors (Lipinski definition) is 2. The summed E-state index contributed by atoms with van der Waals surface area (Å²) in [5, 5.41) is 8.35. The van der Waals surface area contributed by atoms with Gasteiger partial charge < -0.3 is 16.0 Å². The molecule has 0 aliphatic heterocycles. The van der Waals surface area contributed by atoms with E-state index in [2.05, 4.69) is 20.9 Å². The first-order valence-corrected chi connectivity index (χ1v) is 8.98. The molecule has 0 saturated heterocycles. The van der Waals surface area contributed by atoms with E-state index in [0.29, 0.717) is 19.2 Å². The van der Waals surface area contributed by atoms with Crippen molar-refractivity contribution in [2.75, 3.05) is 13.1 Å². The molecule has 0 heterocycles. The van der Waals surface area contributed by atoms with Crippen LogP contribution in [0.5, 0.6) is 0 Å². The van der Waals surface area contributed by atoms with Crippen molar-refractivity contribution in [3.63, 3.8) is 0 Å². The number of carbonyl (C=O) groups excluding carboxylic acids is 1. The van der Waals surface area contributed by atoms with Crippen molar-refractivity contribution in [2.24, 2.45) is 4.99 Å². The summed E-state index contributed by atoms with van der Waals surface area (Å²) in [4.78, 5) is 16.0. The highest BCUT2D eigenvalue weighted by atomic mass is 19.4. The topological polar surface area (TPSA) is 65.5 Å². The average molecular weight is 410 g/mol. The molecule has 156 valence electrons. The predicted octanol–water partition coefficient (Wildman–Crippen LogP) is 3.22. The van der Waals surface area contributed by atoms with E-state index in [-0.39, 0.29) is 30.5 Å². The maximum Gasteiger partial charge on any atom is 0.416 e. The third-order valence-electron chi connectivity index (χ3n) is 3.88. The van der Waals surface area contributed by atoms with Crippen LogP contribution in [-0.2, 0) is 24.1 Å². The van der Waals surface area contributed by atoms with E-state index >= 15 is 0 Å². The van der Waals surface area contributed by atoms with E-state index in [4.69, 9.17) is 0 Å². The molecule has 0 radical (unpaired) electrons. The second-order valence-corrected chi connectivity index (χ2v) is 6.11. The number of halogens is 4. The van der Waals surface area contributed by atoms with Crippen molar-refractivity contribution < 1.29 is 22.4 Å². The Kier molecular flexibility index (Phi) is 7.99. The molecule has 9 heteroatoms. The lowest BCUT2D eigenvalue weighted by molar-refractivity contribution is -0.138. The number of aliphatic imine (C=N–C) groups is 1. The van der Waals surface area contributed by atoms with Crippen molar-refractivity contribution in [2.45, 2.75) is 26.2 Å². The van der Waals surface area contributed by atoms with Crippen molar-refractivity contribution in [3.05, 3.63) is 71.0 Å². The quantitative estimate of drug-likeness (QED) is 0.373. The molecule has 29 heavy (non-hydrogen) atoms. The Balaban J connectivity index is 1.97. The van der Waals surface area contributed by atoms with Crippen LogP contribution in [0.1, 0.15) is 23.6 Å². The summed E-state index contributed by atoms with van der Waals surface area (Å²) in [6, 6.07) is 11.8.